The average molecular weight is 498 g/mol. The number of para-hydroxylation sites is 3. The van der Waals surface area contributed by atoms with E-state index in [0.717, 1.165) is 28.3 Å². The highest BCUT2D eigenvalue weighted by Crippen LogP contribution is 2.27. The second-order valence-corrected chi connectivity index (χ2v) is 9.10. The van der Waals surface area contributed by atoms with Gasteiger partial charge in [-0.25, -0.2) is 0 Å². The second kappa shape index (κ2) is 12.0. The molecule has 3 aromatic carbocycles. The number of rotatable bonds is 10. The molecule has 1 amide bonds. The predicted octanol–water partition coefficient (Wildman–Crippen LogP) is 5.50. The van der Waals surface area contributed by atoms with E-state index in [1.807, 2.05) is 97.3 Å². The molecule has 182 valence electrons. The molecule has 0 saturated carbocycles. The molecular formula is C28H27N5O2S. The predicted molar refractivity (Wildman–Crippen MR) is 141 cm³/mol. The van der Waals surface area contributed by atoms with E-state index in [9.17, 15) is 4.79 Å². The summed E-state index contributed by atoms with van der Waals surface area (Å²) < 4.78 is 8.08. The summed E-state index contributed by atoms with van der Waals surface area (Å²) in [6, 6.07) is 27.3. The number of thioether (sulfide) groups is 1. The van der Waals surface area contributed by atoms with Crippen molar-refractivity contribution < 1.29 is 9.53 Å². The zero-order chi connectivity index (χ0) is 25.3. The van der Waals surface area contributed by atoms with Crippen LogP contribution in [0.5, 0.6) is 5.75 Å². The summed E-state index contributed by atoms with van der Waals surface area (Å²) in [6.07, 6.45) is 0.255. The first-order valence-corrected chi connectivity index (χ1v) is 12.6. The summed E-state index contributed by atoms with van der Waals surface area (Å²) in [6.45, 7) is 4.60. The van der Waals surface area contributed by atoms with Crippen molar-refractivity contribution in [3.8, 4) is 17.5 Å². The summed E-state index contributed by atoms with van der Waals surface area (Å²) in [5.74, 6) is 1.53. The fourth-order valence-corrected chi connectivity index (χ4v) is 4.71. The SMILES string of the molecule is Cc1cccc(C)c1OCc1nnc(SCC(=O)N(CCC#N)c2ccccc2)n1-c1ccccc1. The molecule has 0 unspecified atom stereocenters. The fourth-order valence-electron chi connectivity index (χ4n) is 3.86. The van der Waals surface area contributed by atoms with Crippen molar-refractivity contribution in [1.82, 2.24) is 14.8 Å². The quantitative estimate of drug-likeness (QED) is 0.269. The molecular weight excluding hydrogens is 470 g/mol. The number of nitrogens with zero attached hydrogens (tertiary/aromatic N) is 5. The zero-order valence-electron chi connectivity index (χ0n) is 20.3. The van der Waals surface area contributed by atoms with Crippen molar-refractivity contribution in [2.24, 2.45) is 0 Å². The average Bonchev–Trinajstić information content (AvgIpc) is 3.31. The highest BCUT2D eigenvalue weighted by Gasteiger charge is 2.20. The highest BCUT2D eigenvalue weighted by atomic mass is 32.2. The molecule has 0 saturated heterocycles. The third-order valence-corrected chi connectivity index (χ3v) is 6.52. The van der Waals surface area contributed by atoms with Crippen LogP contribution in [-0.2, 0) is 11.4 Å². The standard InChI is InChI=1S/C28H27N5O2S/c1-21-11-9-12-22(2)27(21)35-19-25-30-31-28(33(25)24-15-7-4-8-16-24)36-20-26(34)32(18-10-17-29)23-13-5-3-6-14-23/h3-9,11-16H,10,18-20H2,1-2H3. The Kier molecular flexibility index (Phi) is 8.37. The number of ether oxygens (including phenoxy) is 1. The number of aromatic nitrogens is 3. The number of benzene rings is 3. The first kappa shape index (κ1) is 25.0. The van der Waals surface area contributed by atoms with Gasteiger partial charge in [0.05, 0.1) is 18.2 Å². The molecule has 0 bridgehead atoms. The van der Waals surface area contributed by atoms with Gasteiger partial charge >= 0.3 is 0 Å². The minimum atomic E-state index is -0.0996. The normalized spacial score (nSPS) is 10.6. The van der Waals surface area contributed by atoms with E-state index in [-0.39, 0.29) is 24.7 Å². The molecule has 0 radical (unpaired) electrons. The zero-order valence-corrected chi connectivity index (χ0v) is 21.1. The van der Waals surface area contributed by atoms with Crippen LogP contribution in [0.25, 0.3) is 5.69 Å². The maximum Gasteiger partial charge on any atom is 0.237 e. The van der Waals surface area contributed by atoms with Gasteiger partial charge in [0.25, 0.3) is 0 Å². The molecule has 1 aromatic heterocycles. The molecule has 0 spiro atoms. The van der Waals surface area contributed by atoms with Crippen LogP contribution in [-0.4, -0.2) is 33.0 Å². The van der Waals surface area contributed by atoms with Crippen LogP contribution in [0.1, 0.15) is 23.4 Å². The molecule has 7 nitrogen and oxygen atoms in total. The number of aryl methyl sites for hydroxylation is 2. The van der Waals surface area contributed by atoms with Crippen molar-refractivity contribution >= 4 is 23.4 Å². The molecule has 0 N–H and O–H groups in total. The Morgan fingerprint density at radius 1 is 0.972 bits per heavy atom. The monoisotopic (exact) mass is 497 g/mol. The Morgan fingerprint density at radius 3 is 2.31 bits per heavy atom. The van der Waals surface area contributed by atoms with E-state index in [0.29, 0.717) is 17.5 Å². The van der Waals surface area contributed by atoms with Crippen LogP contribution < -0.4 is 9.64 Å². The minimum Gasteiger partial charge on any atom is -0.485 e. The van der Waals surface area contributed by atoms with E-state index in [1.165, 1.54) is 11.8 Å². The lowest BCUT2D eigenvalue weighted by molar-refractivity contribution is -0.116. The Labute approximate surface area is 215 Å². The number of hydrogen-bond acceptors (Lipinski definition) is 6. The fraction of sp³-hybridized carbons (Fsp3) is 0.214. The molecule has 0 fully saturated rings. The largest absolute Gasteiger partial charge is 0.485 e. The van der Waals surface area contributed by atoms with Gasteiger partial charge in [-0.2, -0.15) is 5.26 Å². The second-order valence-electron chi connectivity index (χ2n) is 8.16. The number of nitriles is 1. The van der Waals surface area contributed by atoms with E-state index in [4.69, 9.17) is 10.00 Å². The molecule has 1 heterocycles. The van der Waals surface area contributed by atoms with Crippen LogP contribution in [0.2, 0.25) is 0 Å². The molecule has 36 heavy (non-hydrogen) atoms. The van der Waals surface area contributed by atoms with Crippen molar-refractivity contribution in [2.75, 3.05) is 17.2 Å². The van der Waals surface area contributed by atoms with E-state index in [2.05, 4.69) is 16.3 Å². The molecule has 8 heteroatoms. The van der Waals surface area contributed by atoms with Crippen LogP contribution in [0.4, 0.5) is 5.69 Å². The molecule has 0 aliphatic carbocycles. The van der Waals surface area contributed by atoms with Gasteiger partial charge in [-0.05, 0) is 49.2 Å². The topological polar surface area (TPSA) is 84.0 Å². The first-order valence-electron chi connectivity index (χ1n) is 11.6. The smallest absolute Gasteiger partial charge is 0.237 e. The van der Waals surface area contributed by atoms with E-state index in [1.54, 1.807) is 4.90 Å². The van der Waals surface area contributed by atoms with Crippen molar-refractivity contribution in [1.29, 1.82) is 5.26 Å². The minimum absolute atomic E-state index is 0.0996. The summed E-state index contributed by atoms with van der Waals surface area (Å²) in [7, 11) is 0. The maximum absolute atomic E-state index is 13.2. The van der Waals surface area contributed by atoms with E-state index < -0.39 is 0 Å². The molecule has 4 aromatic rings. The van der Waals surface area contributed by atoms with Crippen LogP contribution in [0.3, 0.4) is 0 Å². The number of amides is 1. The third-order valence-electron chi connectivity index (χ3n) is 5.61. The van der Waals surface area contributed by atoms with Gasteiger partial charge in [0, 0.05) is 17.9 Å². The maximum atomic E-state index is 13.2. The number of carbonyl (C=O) groups excluding carboxylic acids is 1. The summed E-state index contributed by atoms with van der Waals surface area (Å²) in [5.41, 5.74) is 3.77. The Balaban J connectivity index is 1.56. The van der Waals surface area contributed by atoms with Crippen LogP contribution >= 0.6 is 11.8 Å². The van der Waals surface area contributed by atoms with Crippen molar-refractivity contribution in [3.63, 3.8) is 0 Å². The summed E-state index contributed by atoms with van der Waals surface area (Å²) in [4.78, 5) is 14.8. The van der Waals surface area contributed by atoms with Crippen LogP contribution in [0.15, 0.2) is 84.0 Å². The summed E-state index contributed by atoms with van der Waals surface area (Å²) in [5, 5.41) is 18.4. The van der Waals surface area contributed by atoms with Crippen molar-refractivity contribution in [3.05, 3.63) is 95.8 Å². The van der Waals surface area contributed by atoms with Gasteiger partial charge < -0.3 is 9.64 Å². The molecule has 0 aliphatic rings. The Morgan fingerprint density at radius 2 is 1.64 bits per heavy atom. The molecule has 0 aliphatic heterocycles. The van der Waals surface area contributed by atoms with Gasteiger partial charge in [0.1, 0.15) is 12.4 Å². The van der Waals surface area contributed by atoms with E-state index >= 15 is 0 Å². The number of hydrogen-bond donors (Lipinski definition) is 0. The van der Waals surface area contributed by atoms with Gasteiger partial charge in [-0.1, -0.05) is 66.4 Å². The van der Waals surface area contributed by atoms with Gasteiger partial charge in [0.2, 0.25) is 5.91 Å². The molecule has 4 rings (SSSR count). The van der Waals surface area contributed by atoms with Crippen molar-refractivity contribution in [2.45, 2.75) is 32.0 Å². The van der Waals surface area contributed by atoms with Gasteiger partial charge in [-0.15, -0.1) is 10.2 Å². The highest BCUT2D eigenvalue weighted by molar-refractivity contribution is 7.99. The lowest BCUT2D eigenvalue weighted by Gasteiger charge is -2.21. The lowest BCUT2D eigenvalue weighted by atomic mass is 10.1. The summed E-state index contributed by atoms with van der Waals surface area (Å²) >= 11 is 1.31. The Hall–Kier alpha value is -4.09. The Bertz CT molecular complexity index is 1330. The van der Waals surface area contributed by atoms with Gasteiger partial charge in [0.15, 0.2) is 11.0 Å². The lowest BCUT2D eigenvalue weighted by Crippen LogP contribution is -2.33. The van der Waals surface area contributed by atoms with Gasteiger partial charge in [-0.3, -0.25) is 9.36 Å². The third kappa shape index (κ3) is 5.93. The number of carbonyl (C=O) groups is 1. The number of anilines is 1. The molecule has 0 atom stereocenters. The first-order chi connectivity index (χ1) is 17.6. The van der Waals surface area contributed by atoms with Crippen LogP contribution in [0, 0.1) is 25.2 Å².